The molecule has 0 atom stereocenters. The molecule has 27 heavy (non-hydrogen) atoms. The molecule has 1 aromatic heterocycles. The van der Waals surface area contributed by atoms with Gasteiger partial charge >= 0.3 is 0 Å². The monoisotopic (exact) mass is 385 g/mol. The van der Waals surface area contributed by atoms with Gasteiger partial charge in [0, 0.05) is 30.8 Å². The minimum absolute atomic E-state index is 0.153. The van der Waals surface area contributed by atoms with Gasteiger partial charge in [-0.2, -0.15) is 0 Å². The van der Waals surface area contributed by atoms with Crippen molar-refractivity contribution in [3.63, 3.8) is 0 Å². The van der Waals surface area contributed by atoms with Crippen LogP contribution in [0.15, 0.2) is 58.0 Å². The van der Waals surface area contributed by atoms with E-state index in [0.29, 0.717) is 34.2 Å². The summed E-state index contributed by atoms with van der Waals surface area (Å²) in [7, 11) is -3.80. The number of carbonyl (C=O) groups excluding carboxylic acids is 1. The van der Waals surface area contributed by atoms with Crippen molar-refractivity contribution in [3.8, 4) is 11.3 Å². The van der Waals surface area contributed by atoms with E-state index >= 15 is 0 Å². The van der Waals surface area contributed by atoms with Gasteiger partial charge in [-0.25, -0.2) is 13.4 Å². The van der Waals surface area contributed by atoms with Crippen molar-refractivity contribution in [2.75, 3.05) is 10.0 Å². The summed E-state index contributed by atoms with van der Waals surface area (Å²) in [6, 6.07) is 11.5. The third-order valence-corrected chi connectivity index (χ3v) is 5.36. The second-order valence-corrected chi connectivity index (χ2v) is 7.74. The molecule has 0 aliphatic heterocycles. The normalized spacial score (nSPS) is 11.2. The zero-order valence-electron chi connectivity index (χ0n) is 15.1. The van der Waals surface area contributed by atoms with Crippen molar-refractivity contribution in [1.29, 1.82) is 0 Å². The maximum atomic E-state index is 12.8. The number of carbonyl (C=O) groups is 1. The lowest BCUT2D eigenvalue weighted by Gasteiger charge is -2.12. The summed E-state index contributed by atoms with van der Waals surface area (Å²) in [5.74, 6) is 0.814. The van der Waals surface area contributed by atoms with Gasteiger partial charge in [-0.05, 0) is 42.8 Å². The highest BCUT2D eigenvalue weighted by atomic mass is 32.2. The summed E-state index contributed by atoms with van der Waals surface area (Å²) >= 11 is 0. The molecule has 0 saturated carbocycles. The second-order valence-electron chi connectivity index (χ2n) is 6.09. The van der Waals surface area contributed by atoms with Crippen molar-refractivity contribution in [3.05, 3.63) is 60.1 Å². The molecule has 2 aromatic carbocycles. The van der Waals surface area contributed by atoms with E-state index < -0.39 is 10.0 Å². The molecule has 7 nitrogen and oxygen atoms in total. The zero-order valence-corrected chi connectivity index (χ0v) is 15.9. The molecule has 3 aromatic rings. The molecule has 0 saturated heterocycles. The van der Waals surface area contributed by atoms with Gasteiger partial charge < -0.3 is 9.73 Å². The van der Waals surface area contributed by atoms with Crippen LogP contribution in [0, 0.1) is 13.8 Å². The maximum absolute atomic E-state index is 12.8. The third kappa shape index (κ3) is 4.35. The average molecular weight is 385 g/mol. The number of sulfonamides is 1. The lowest BCUT2D eigenvalue weighted by molar-refractivity contribution is -0.114. The van der Waals surface area contributed by atoms with Gasteiger partial charge in [-0.1, -0.05) is 12.1 Å². The highest BCUT2D eigenvalue weighted by Crippen LogP contribution is 2.27. The van der Waals surface area contributed by atoms with E-state index in [4.69, 9.17) is 4.42 Å². The Morgan fingerprint density at radius 1 is 1.04 bits per heavy atom. The summed E-state index contributed by atoms with van der Waals surface area (Å²) in [6.45, 7) is 4.85. The first kappa shape index (κ1) is 18.7. The van der Waals surface area contributed by atoms with E-state index in [9.17, 15) is 13.2 Å². The summed E-state index contributed by atoms with van der Waals surface area (Å²) in [5, 5.41) is 2.63. The van der Waals surface area contributed by atoms with E-state index in [0.717, 1.165) is 0 Å². The fraction of sp³-hybridized carbons (Fsp3) is 0.158. The van der Waals surface area contributed by atoms with Crippen LogP contribution in [-0.2, 0) is 14.8 Å². The number of hydrogen-bond donors (Lipinski definition) is 2. The first-order valence-electron chi connectivity index (χ1n) is 8.18. The summed E-state index contributed by atoms with van der Waals surface area (Å²) in [4.78, 5) is 15.3. The van der Waals surface area contributed by atoms with Gasteiger partial charge in [-0.15, -0.1) is 0 Å². The van der Waals surface area contributed by atoms with E-state index in [1.54, 1.807) is 62.5 Å². The van der Waals surface area contributed by atoms with Crippen LogP contribution in [0.25, 0.3) is 11.3 Å². The quantitative estimate of drug-likeness (QED) is 0.697. The highest BCUT2D eigenvalue weighted by molar-refractivity contribution is 7.92. The van der Waals surface area contributed by atoms with Crippen LogP contribution < -0.4 is 10.0 Å². The number of benzene rings is 2. The van der Waals surface area contributed by atoms with Gasteiger partial charge in [0.2, 0.25) is 5.91 Å². The van der Waals surface area contributed by atoms with Gasteiger partial charge in [0.25, 0.3) is 10.0 Å². The lowest BCUT2D eigenvalue weighted by Crippen LogP contribution is -2.14. The maximum Gasteiger partial charge on any atom is 0.262 e. The lowest BCUT2D eigenvalue weighted by atomic mass is 10.1. The smallest absolute Gasteiger partial charge is 0.262 e. The predicted octanol–water partition coefficient (Wildman–Crippen LogP) is 3.72. The minimum atomic E-state index is -3.80. The van der Waals surface area contributed by atoms with E-state index in [1.807, 2.05) is 0 Å². The zero-order chi connectivity index (χ0) is 19.6. The Labute approximate surface area is 157 Å². The van der Waals surface area contributed by atoms with Gasteiger partial charge in [-0.3, -0.25) is 9.52 Å². The molecule has 8 heteroatoms. The first-order chi connectivity index (χ1) is 12.7. The Morgan fingerprint density at radius 3 is 2.30 bits per heavy atom. The Kier molecular flexibility index (Phi) is 5.00. The summed E-state index contributed by atoms with van der Waals surface area (Å²) < 4.78 is 33.7. The molecule has 1 amide bonds. The number of aromatic nitrogens is 1. The fourth-order valence-electron chi connectivity index (χ4n) is 2.57. The van der Waals surface area contributed by atoms with Crippen LogP contribution in [0.4, 0.5) is 11.4 Å². The minimum Gasteiger partial charge on any atom is -0.441 e. The Balaban J connectivity index is 1.89. The summed E-state index contributed by atoms with van der Waals surface area (Å²) in [6.07, 6.45) is 1.56. The number of nitrogens with one attached hydrogen (secondary N) is 2. The number of amides is 1. The number of anilines is 2. The third-order valence-electron chi connectivity index (χ3n) is 3.84. The summed E-state index contributed by atoms with van der Waals surface area (Å²) in [5.41, 5.74) is 2.22. The Bertz CT molecular complexity index is 1090. The van der Waals surface area contributed by atoms with Gasteiger partial charge in [0.05, 0.1) is 11.1 Å². The predicted molar refractivity (Wildman–Crippen MR) is 103 cm³/mol. The molecule has 140 valence electrons. The van der Waals surface area contributed by atoms with E-state index in [2.05, 4.69) is 15.0 Å². The van der Waals surface area contributed by atoms with Crippen LogP contribution in [-0.4, -0.2) is 19.3 Å². The van der Waals surface area contributed by atoms with E-state index in [1.165, 1.54) is 6.92 Å². The standard InChI is InChI=1S/C19H19N3O4S/c1-12-4-5-15(18-11-20-14(3)26-18)10-19(12)27(24,25)22-17-8-6-16(7-9-17)21-13(2)23/h4-11,22H,1-3H3,(H,21,23). The molecule has 2 N–H and O–H groups in total. The molecule has 0 aliphatic rings. The molecule has 0 radical (unpaired) electrons. The molecular formula is C19H19N3O4S. The highest BCUT2D eigenvalue weighted by Gasteiger charge is 2.19. The Morgan fingerprint density at radius 2 is 1.70 bits per heavy atom. The first-order valence-corrected chi connectivity index (χ1v) is 9.67. The van der Waals surface area contributed by atoms with Crippen LogP contribution in [0.3, 0.4) is 0 Å². The van der Waals surface area contributed by atoms with Crippen molar-refractivity contribution < 1.29 is 17.6 Å². The number of nitrogens with zero attached hydrogens (tertiary/aromatic N) is 1. The number of rotatable bonds is 5. The number of aryl methyl sites for hydroxylation is 2. The molecule has 0 fully saturated rings. The van der Waals surface area contributed by atoms with Gasteiger partial charge in [0.15, 0.2) is 11.7 Å². The van der Waals surface area contributed by atoms with Crippen molar-refractivity contribution in [2.45, 2.75) is 25.7 Å². The van der Waals surface area contributed by atoms with Crippen LogP contribution in [0.1, 0.15) is 18.4 Å². The van der Waals surface area contributed by atoms with Crippen LogP contribution in [0.5, 0.6) is 0 Å². The average Bonchev–Trinajstić information content (AvgIpc) is 3.02. The fourth-order valence-corrected chi connectivity index (χ4v) is 3.90. The largest absolute Gasteiger partial charge is 0.441 e. The van der Waals surface area contributed by atoms with Crippen molar-refractivity contribution in [1.82, 2.24) is 4.98 Å². The molecular weight excluding hydrogens is 366 g/mol. The molecule has 0 bridgehead atoms. The Hall–Kier alpha value is -3.13. The molecule has 0 spiro atoms. The second kappa shape index (κ2) is 7.24. The van der Waals surface area contributed by atoms with Gasteiger partial charge in [0.1, 0.15) is 0 Å². The molecule has 0 aliphatic carbocycles. The van der Waals surface area contributed by atoms with E-state index in [-0.39, 0.29) is 10.8 Å². The van der Waals surface area contributed by atoms with Crippen LogP contribution in [0.2, 0.25) is 0 Å². The SMILES string of the molecule is CC(=O)Nc1ccc(NS(=O)(=O)c2cc(-c3cnc(C)o3)ccc2C)cc1. The number of hydrogen-bond acceptors (Lipinski definition) is 5. The molecule has 1 heterocycles. The van der Waals surface area contributed by atoms with Crippen molar-refractivity contribution in [2.24, 2.45) is 0 Å². The van der Waals surface area contributed by atoms with Crippen molar-refractivity contribution >= 4 is 27.3 Å². The molecule has 3 rings (SSSR count). The molecule has 0 unspecified atom stereocenters. The topological polar surface area (TPSA) is 101 Å². The van der Waals surface area contributed by atoms with Crippen LogP contribution >= 0.6 is 0 Å². The number of oxazole rings is 1.